The molecule has 0 aliphatic carbocycles. The Kier molecular flexibility index (Phi) is 4.72. The van der Waals surface area contributed by atoms with Crippen molar-refractivity contribution in [2.24, 2.45) is 0 Å². The molecule has 0 aromatic heterocycles. The second-order valence-corrected chi connectivity index (χ2v) is 2.39. The number of nitro groups is 1. The second kappa shape index (κ2) is 5.03. The minimum Gasteiger partial charge on any atom is -0.385 e. The summed E-state index contributed by atoms with van der Waals surface area (Å²) >= 11 is 0. The molecular formula is C6H14N2O3. The first-order valence-corrected chi connectivity index (χ1v) is 3.59. The predicted octanol–water partition coefficient (Wildman–Crippen LogP) is -0.378. The van der Waals surface area contributed by atoms with Gasteiger partial charge in [-0.1, -0.05) is 6.92 Å². The summed E-state index contributed by atoms with van der Waals surface area (Å²) in [4.78, 5) is 9.45. The number of hydrogen-bond acceptors (Lipinski definition) is 4. The van der Waals surface area contributed by atoms with Gasteiger partial charge in [-0.15, -0.1) is 0 Å². The molecule has 0 aliphatic rings. The number of hydrogen-bond donors (Lipinski definition) is 2. The molecule has 0 aliphatic heterocycles. The van der Waals surface area contributed by atoms with Crippen LogP contribution in [0.2, 0.25) is 0 Å². The summed E-state index contributed by atoms with van der Waals surface area (Å²) in [6.45, 7) is 1.48. The van der Waals surface area contributed by atoms with Crippen molar-refractivity contribution < 1.29 is 10.0 Å². The summed E-state index contributed by atoms with van der Waals surface area (Å²) in [5.74, 6) is 0. The van der Waals surface area contributed by atoms with Crippen molar-refractivity contribution in [3.8, 4) is 0 Å². The smallest absolute Gasteiger partial charge is 0.230 e. The van der Waals surface area contributed by atoms with Crippen molar-refractivity contribution in [1.82, 2.24) is 5.32 Å². The molecule has 0 aromatic carbocycles. The molecule has 0 fully saturated rings. The standard InChI is InChI=1S/C6H14N2O3/c1-3-5(7-2)6(9)4-8(10)11/h5-7,9H,3-4H2,1-2H3. The zero-order chi connectivity index (χ0) is 8.85. The third kappa shape index (κ3) is 3.90. The Bertz CT molecular complexity index is 125. The Morgan fingerprint density at radius 2 is 2.27 bits per heavy atom. The van der Waals surface area contributed by atoms with Gasteiger partial charge in [-0.25, -0.2) is 0 Å². The van der Waals surface area contributed by atoms with E-state index in [-0.39, 0.29) is 12.6 Å². The fourth-order valence-corrected chi connectivity index (χ4v) is 0.949. The first-order chi connectivity index (χ1) is 5.11. The highest BCUT2D eigenvalue weighted by molar-refractivity contribution is 4.71. The summed E-state index contributed by atoms with van der Waals surface area (Å²) in [6.07, 6.45) is -0.203. The van der Waals surface area contributed by atoms with Crippen molar-refractivity contribution in [1.29, 1.82) is 0 Å². The largest absolute Gasteiger partial charge is 0.385 e. The van der Waals surface area contributed by atoms with Crippen LogP contribution in [0.1, 0.15) is 13.3 Å². The van der Waals surface area contributed by atoms with Gasteiger partial charge in [0.05, 0.1) is 0 Å². The van der Waals surface area contributed by atoms with Gasteiger partial charge in [0.1, 0.15) is 6.10 Å². The highest BCUT2D eigenvalue weighted by Crippen LogP contribution is 1.97. The van der Waals surface area contributed by atoms with Gasteiger partial charge >= 0.3 is 0 Å². The quantitative estimate of drug-likeness (QED) is 0.427. The van der Waals surface area contributed by atoms with E-state index < -0.39 is 11.0 Å². The van der Waals surface area contributed by atoms with Crippen molar-refractivity contribution in [3.63, 3.8) is 0 Å². The Balaban J connectivity index is 3.78. The lowest BCUT2D eigenvalue weighted by atomic mass is 10.1. The zero-order valence-electron chi connectivity index (χ0n) is 6.78. The van der Waals surface area contributed by atoms with Gasteiger partial charge in [0.15, 0.2) is 0 Å². The second-order valence-electron chi connectivity index (χ2n) is 2.39. The minimum atomic E-state index is -0.889. The van der Waals surface area contributed by atoms with Crippen LogP contribution in [0.3, 0.4) is 0 Å². The summed E-state index contributed by atoms with van der Waals surface area (Å²) in [6, 6.07) is -0.180. The molecule has 11 heavy (non-hydrogen) atoms. The van der Waals surface area contributed by atoms with E-state index in [0.29, 0.717) is 6.42 Å². The van der Waals surface area contributed by atoms with Gasteiger partial charge in [-0.05, 0) is 13.5 Å². The van der Waals surface area contributed by atoms with Crippen molar-refractivity contribution in [2.75, 3.05) is 13.6 Å². The van der Waals surface area contributed by atoms with Crippen LogP contribution in [0, 0.1) is 10.1 Å². The maximum Gasteiger partial charge on any atom is 0.230 e. The van der Waals surface area contributed by atoms with E-state index in [1.807, 2.05) is 6.92 Å². The Morgan fingerprint density at radius 3 is 2.55 bits per heavy atom. The third-order valence-corrected chi connectivity index (χ3v) is 1.61. The summed E-state index contributed by atoms with van der Waals surface area (Å²) in [5.41, 5.74) is 0. The van der Waals surface area contributed by atoms with Crippen LogP contribution in [0.4, 0.5) is 0 Å². The first kappa shape index (κ1) is 10.3. The van der Waals surface area contributed by atoms with Crippen LogP contribution < -0.4 is 5.32 Å². The van der Waals surface area contributed by atoms with E-state index in [2.05, 4.69) is 5.32 Å². The maximum atomic E-state index is 9.96. The minimum absolute atomic E-state index is 0.180. The Morgan fingerprint density at radius 1 is 1.73 bits per heavy atom. The molecule has 5 heteroatoms. The average Bonchev–Trinajstić information content (AvgIpc) is 1.88. The van der Waals surface area contributed by atoms with Crippen molar-refractivity contribution >= 4 is 0 Å². The van der Waals surface area contributed by atoms with Crippen LogP contribution >= 0.6 is 0 Å². The highest BCUT2D eigenvalue weighted by atomic mass is 16.6. The number of aliphatic hydroxyl groups excluding tert-OH is 1. The lowest BCUT2D eigenvalue weighted by Gasteiger charge is -2.16. The summed E-state index contributed by atoms with van der Waals surface area (Å²) in [7, 11) is 1.68. The molecule has 0 heterocycles. The van der Waals surface area contributed by atoms with E-state index in [0.717, 1.165) is 0 Å². The average molecular weight is 162 g/mol. The van der Waals surface area contributed by atoms with Gasteiger partial charge < -0.3 is 10.4 Å². The van der Waals surface area contributed by atoms with Gasteiger partial charge in [-0.2, -0.15) is 0 Å². The normalized spacial score (nSPS) is 15.9. The highest BCUT2D eigenvalue weighted by Gasteiger charge is 2.19. The predicted molar refractivity (Wildman–Crippen MR) is 41.0 cm³/mol. The van der Waals surface area contributed by atoms with E-state index >= 15 is 0 Å². The number of nitrogens with zero attached hydrogens (tertiary/aromatic N) is 1. The number of aliphatic hydroxyl groups is 1. The third-order valence-electron chi connectivity index (χ3n) is 1.61. The number of likely N-dealkylation sites (N-methyl/N-ethyl adjacent to an activating group) is 1. The molecule has 5 nitrogen and oxygen atoms in total. The summed E-state index contributed by atoms with van der Waals surface area (Å²) in [5, 5.41) is 21.9. The molecule has 0 saturated carbocycles. The lowest BCUT2D eigenvalue weighted by molar-refractivity contribution is -0.491. The molecular weight excluding hydrogens is 148 g/mol. The Hall–Kier alpha value is -0.680. The van der Waals surface area contributed by atoms with Gasteiger partial charge in [0.2, 0.25) is 6.54 Å². The monoisotopic (exact) mass is 162 g/mol. The van der Waals surface area contributed by atoms with Crippen LogP contribution in [0.5, 0.6) is 0 Å². The maximum absolute atomic E-state index is 9.96. The molecule has 0 saturated heterocycles. The molecule has 2 unspecified atom stereocenters. The molecule has 66 valence electrons. The van der Waals surface area contributed by atoms with Crippen LogP contribution in [0.15, 0.2) is 0 Å². The number of nitrogens with one attached hydrogen (secondary N) is 1. The lowest BCUT2D eigenvalue weighted by Crippen LogP contribution is -2.41. The SMILES string of the molecule is CCC(NC)C(O)C[N+](=O)[O-]. The van der Waals surface area contributed by atoms with Crippen molar-refractivity contribution in [2.45, 2.75) is 25.5 Å². The topological polar surface area (TPSA) is 75.4 Å². The van der Waals surface area contributed by atoms with Crippen LogP contribution in [0.25, 0.3) is 0 Å². The van der Waals surface area contributed by atoms with Crippen molar-refractivity contribution in [3.05, 3.63) is 10.1 Å². The van der Waals surface area contributed by atoms with E-state index in [1.54, 1.807) is 7.05 Å². The molecule has 0 amide bonds. The zero-order valence-corrected chi connectivity index (χ0v) is 6.78. The summed E-state index contributed by atoms with van der Waals surface area (Å²) < 4.78 is 0. The van der Waals surface area contributed by atoms with Gasteiger partial charge in [0, 0.05) is 11.0 Å². The van der Waals surface area contributed by atoms with Gasteiger partial charge in [0.25, 0.3) is 0 Å². The van der Waals surface area contributed by atoms with Gasteiger partial charge in [-0.3, -0.25) is 10.1 Å². The molecule has 0 spiro atoms. The molecule has 0 radical (unpaired) electrons. The van der Waals surface area contributed by atoms with Crippen LogP contribution in [-0.2, 0) is 0 Å². The number of rotatable bonds is 5. The fourth-order valence-electron chi connectivity index (χ4n) is 0.949. The molecule has 2 N–H and O–H groups in total. The molecule has 0 rings (SSSR count). The van der Waals surface area contributed by atoms with Crippen LogP contribution in [-0.4, -0.2) is 35.8 Å². The molecule has 0 aromatic rings. The Labute approximate surface area is 65.6 Å². The molecule has 0 bridgehead atoms. The van der Waals surface area contributed by atoms with E-state index in [9.17, 15) is 15.2 Å². The van der Waals surface area contributed by atoms with E-state index in [1.165, 1.54) is 0 Å². The first-order valence-electron chi connectivity index (χ1n) is 3.59. The molecule has 2 atom stereocenters. The van der Waals surface area contributed by atoms with E-state index in [4.69, 9.17) is 0 Å². The fraction of sp³-hybridized carbons (Fsp3) is 1.00.